The van der Waals surface area contributed by atoms with E-state index in [0.29, 0.717) is 11.1 Å². The number of carbonyl (C=O) groups is 2. The minimum absolute atomic E-state index is 0.158. The summed E-state index contributed by atoms with van der Waals surface area (Å²) >= 11 is 0. The van der Waals surface area contributed by atoms with E-state index in [2.05, 4.69) is 0 Å². The highest BCUT2D eigenvalue weighted by Gasteiger charge is 2.34. The van der Waals surface area contributed by atoms with Crippen LogP contribution in [-0.4, -0.2) is 11.6 Å². The lowest BCUT2D eigenvalue weighted by molar-refractivity contribution is -0.137. The molecule has 0 N–H and O–H groups in total. The summed E-state index contributed by atoms with van der Waals surface area (Å²) < 4.78 is 44.1. The Bertz CT molecular complexity index is 938. The van der Waals surface area contributed by atoms with Gasteiger partial charge in [-0.3, -0.25) is 9.59 Å². The molecule has 0 aliphatic carbocycles. The standard InChI is InChI=1S/C19H13F3O3/c20-19(21,22)15-4-2-1-3-14(15)17(24)7-6-16(23)12-5-8-18-13(11-12)9-10-25-18/h1-5,8-11H,6-7H2. The van der Waals surface area contributed by atoms with Crippen molar-refractivity contribution in [3.63, 3.8) is 0 Å². The fourth-order valence-electron chi connectivity index (χ4n) is 2.62. The van der Waals surface area contributed by atoms with Crippen LogP contribution in [0.3, 0.4) is 0 Å². The van der Waals surface area contributed by atoms with Gasteiger partial charge in [0.25, 0.3) is 0 Å². The quantitative estimate of drug-likeness (QED) is 0.589. The minimum atomic E-state index is -4.61. The van der Waals surface area contributed by atoms with E-state index in [0.717, 1.165) is 17.5 Å². The zero-order valence-electron chi connectivity index (χ0n) is 13.0. The van der Waals surface area contributed by atoms with E-state index < -0.39 is 23.1 Å². The smallest absolute Gasteiger partial charge is 0.417 e. The number of hydrogen-bond donors (Lipinski definition) is 0. The van der Waals surface area contributed by atoms with Crippen molar-refractivity contribution in [1.82, 2.24) is 0 Å². The Balaban J connectivity index is 1.73. The molecule has 0 bridgehead atoms. The molecule has 0 radical (unpaired) electrons. The van der Waals surface area contributed by atoms with Crippen LogP contribution in [0, 0.1) is 0 Å². The number of benzene rings is 2. The van der Waals surface area contributed by atoms with Crippen LogP contribution in [0.2, 0.25) is 0 Å². The third kappa shape index (κ3) is 3.63. The Kier molecular flexibility index (Phi) is 4.44. The number of rotatable bonds is 5. The fourth-order valence-corrected chi connectivity index (χ4v) is 2.62. The van der Waals surface area contributed by atoms with Crippen LogP contribution in [0.4, 0.5) is 13.2 Å². The lowest BCUT2D eigenvalue weighted by Crippen LogP contribution is -2.14. The lowest BCUT2D eigenvalue weighted by atomic mass is 9.97. The molecule has 0 aliphatic rings. The summed E-state index contributed by atoms with van der Waals surface area (Å²) in [5.41, 5.74) is -0.363. The number of alkyl halides is 3. The molecule has 0 saturated carbocycles. The predicted octanol–water partition coefficient (Wildman–Crippen LogP) is 5.30. The highest BCUT2D eigenvalue weighted by molar-refractivity contribution is 6.04. The summed E-state index contributed by atoms with van der Waals surface area (Å²) in [6, 6.07) is 11.1. The topological polar surface area (TPSA) is 47.3 Å². The van der Waals surface area contributed by atoms with Gasteiger partial charge in [-0.05, 0) is 30.3 Å². The van der Waals surface area contributed by atoms with Crippen molar-refractivity contribution in [2.45, 2.75) is 19.0 Å². The SMILES string of the molecule is O=C(CCC(=O)c1ccccc1C(F)(F)F)c1ccc2occc2c1. The first-order chi connectivity index (χ1) is 11.9. The molecule has 0 aliphatic heterocycles. The van der Waals surface area contributed by atoms with Crippen molar-refractivity contribution >= 4 is 22.5 Å². The molecule has 0 saturated heterocycles. The Hall–Kier alpha value is -2.89. The summed E-state index contributed by atoms with van der Waals surface area (Å²) in [7, 11) is 0. The summed E-state index contributed by atoms with van der Waals surface area (Å²) in [5.74, 6) is -1.01. The molecule has 1 aromatic heterocycles. The van der Waals surface area contributed by atoms with Gasteiger partial charge in [-0.1, -0.05) is 18.2 Å². The van der Waals surface area contributed by atoms with E-state index in [1.807, 2.05) is 0 Å². The first kappa shape index (κ1) is 17.0. The molecular formula is C19H13F3O3. The second-order valence-corrected chi connectivity index (χ2v) is 5.56. The first-order valence-electron chi connectivity index (χ1n) is 7.56. The lowest BCUT2D eigenvalue weighted by Gasteiger charge is -2.11. The number of halogens is 3. The molecule has 0 atom stereocenters. The average molecular weight is 346 g/mol. The van der Waals surface area contributed by atoms with E-state index >= 15 is 0 Å². The first-order valence-corrected chi connectivity index (χ1v) is 7.56. The Morgan fingerprint density at radius 2 is 1.64 bits per heavy atom. The maximum atomic E-state index is 13.0. The molecular weight excluding hydrogens is 333 g/mol. The molecule has 128 valence electrons. The molecule has 0 amide bonds. The predicted molar refractivity (Wildman–Crippen MR) is 85.6 cm³/mol. The van der Waals surface area contributed by atoms with Gasteiger partial charge in [-0.2, -0.15) is 13.2 Å². The van der Waals surface area contributed by atoms with Crippen molar-refractivity contribution in [2.75, 3.05) is 0 Å². The molecule has 2 aromatic carbocycles. The zero-order valence-corrected chi connectivity index (χ0v) is 13.0. The molecule has 0 unspecified atom stereocenters. The number of fused-ring (bicyclic) bond motifs is 1. The molecule has 1 heterocycles. The normalized spacial score (nSPS) is 11.6. The van der Waals surface area contributed by atoms with Crippen molar-refractivity contribution in [3.8, 4) is 0 Å². The maximum Gasteiger partial charge on any atom is 0.417 e. The van der Waals surface area contributed by atoms with E-state index in [1.165, 1.54) is 18.4 Å². The van der Waals surface area contributed by atoms with Gasteiger partial charge in [0.15, 0.2) is 11.6 Å². The second-order valence-electron chi connectivity index (χ2n) is 5.56. The van der Waals surface area contributed by atoms with Gasteiger partial charge < -0.3 is 4.42 Å². The zero-order chi connectivity index (χ0) is 18.0. The fraction of sp³-hybridized carbons (Fsp3) is 0.158. The molecule has 3 aromatic rings. The van der Waals surface area contributed by atoms with Crippen LogP contribution in [-0.2, 0) is 6.18 Å². The van der Waals surface area contributed by atoms with Crippen LogP contribution in [0.5, 0.6) is 0 Å². The second kappa shape index (κ2) is 6.55. The van der Waals surface area contributed by atoms with Gasteiger partial charge in [0.05, 0.1) is 11.8 Å². The number of hydrogen-bond acceptors (Lipinski definition) is 3. The van der Waals surface area contributed by atoms with Gasteiger partial charge in [-0.15, -0.1) is 0 Å². The van der Waals surface area contributed by atoms with Crippen LogP contribution < -0.4 is 0 Å². The molecule has 25 heavy (non-hydrogen) atoms. The molecule has 0 fully saturated rings. The third-order valence-electron chi connectivity index (χ3n) is 3.89. The monoisotopic (exact) mass is 346 g/mol. The van der Waals surface area contributed by atoms with E-state index in [9.17, 15) is 22.8 Å². The van der Waals surface area contributed by atoms with E-state index in [-0.39, 0.29) is 18.6 Å². The molecule has 3 nitrogen and oxygen atoms in total. The van der Waals surface area contributed by atoms with Crippen molar-refractivity contribution < 1.29 is 27.2 Å². The summed E-state index contributed by atoms with van der Waals surface area (Å²) in [6.07, 6.45) is -3.55. The van der Waals surface area contributed by atoms with Gasteiger partial charge >= 0.3 is 6.18 Å². The van der Waals surface area contributed by atoms with Crippen LogP contribution in [0.25, 0.3) is 11.0 Å². The third-order valence-corrected chi connectivity index (χ3v) is 3.89. The Labute approximate surface area is 141 Å². The van der Waals surface area contributed by atoms with Crippen LogP contribution in [0.15, 0.2) is 59.2 Å². The average Bonchev–Trinajstić information content (AvgIpc) is 3.06. The highest BCUT2D eigenvalue weighted by atomic mass is 19.4. The Morgan fingerprint density at radius 1 is 0.920 bits per heavy atom. The number of carbonyl (C=O) groups excluding carboxylic acids is 2. The molecule has 3 rings (SSSR count). The summed E-state index contributed by atoms with van der Waals surface area (Å²) in [5, 5.41) is 0.750. The van der Waals surface area contributed by atoms with Crippen LogP contribution in [0.1, 0.15) is 39.1 Å². The van der Waals surface area contributed by atoms with Crippen molar-refractivity contribution in [3.05, 3.63) is 71.5 Å². The van der Waals surface area contributed by atoms with E-state index in [4.69, 9.17) is 4.42 Å². The minimum Gasteiger partial charge on any atom is -0.464 e. The van der Waals surface area contributed by atoms with Gasteiger partial charge in [0, 0.05) is 29.4 Å². The van der Waals surface area contributed by atoms with Gasteiger partial charge in [0.2, 0.25) is 0 Å². The van der Waals surface area contributed by atoms with Gasteiger partial charge in [-0.25, -0.2) is 0 Å². The van der Waals surface area contributed by atoms with E-state index in [1.54, 1.807) is 24.3 Å². The highest BCUT2D eigenvalue weighted by Crippen LogP contribution is 2.32. The van der Waals surface area contributed by atoms with Crippen LogP contribution >= 0.6 is 0 Å². The van der Waals surface area contributed by atoms with Gasteiger partial charge in [0.1, 0.15) is 5.58 Å². The molecule has 0 spiro atoms. The van der Waals surface area contributed by atoms with Crippen molar-refractivity contribution in [2.24, 2.45) is 0 Å². The molecule has 6 heteroatoms. The summed E-state index contributed by atoms with van der Waals surface area (Å²) in [6.45, 7) is 0. The maximum absolute atomic E-state index is 13.0. The summed E-state index contributed by atoms with van der Waals surface area (Å²) in [4.78, 5) is 24.4. The number of ketones is 2. The number of furan rings is 1. The van der Waals surface area contributed by atoms with Crippen molar-refractivity contribution in [1.29, 1.82) is 0 Å². The Morgan fingerprint density at radius 3 is 2.40 bits per heavy atom. The number of Topliss-reactive ketones (excluding diaryl/α,β-unsaturated/α-hetero) is 2. The largest absolute Gasteiger partial charge is 0.464 e.